The third-order valence-electron chi connectivity index (χ3n) is 5.75. The van der Waals surface area contributed by atoms with Crippen molar-refractivity contribution < 1.29 is 9.47 Å². The fourth-order valence-electron chi connectivity index (χ4n) is 4.02. The molecule has 1 unspecified atom stereocenters. The van der Waals surface area contributed by atoms with E-state index in [4.69, 9.17) is 19.4 Å². The lowest BCUT2D eigenvalue weighted by Crippen LogP contribution is -2.39. The van der Waals surface area contributed by atoms with E-state index in [-0.39, 0.29) is 6.10 Å². The van der Waals surface area contributed by atoms with E-state index in [0.29, 0.717) is 0 Å². The van der Waals surface area contributed by atoms with Crippen LogP contribution in [-0.4, -0.2) is 60.9 Å². The quantitative estimate of drug-likeness (QED) is 0.628. The summed E-state index contributed by atoms with van der Waals surface area (Å²) in [5, 5.41) is 3.33. The van der Waals surface area contributed by atoms with Crippen molar-refractivity contribution >= 4 is 38.7 Å². The van der Waals surface area contributed by atoms with Crippen LogP contribution < -0.4 is 4.90 Å². The number of aryl methyl sites for hydroxylation is 2. The van der Waals surface area contributed by atoms with Crippen LogP contribution in [0.3, 0.4) is 0 Å². The molecular formula is C21H26N4O2S2. The van der Waals surface area contributed by atoms with Gasteiger partial charge in [-0.05, 0) is 30.9 Å². The Hall–Kier alpha value is -1.58. The Kier molecular flexibility index (Phi) is 5.53. The maximum absolute atomic E-state index is 6.08. The van der Waals surface area contributed by atoms with Gasteiger partial charge in [-0.15, -0.1) is 22.7 Å². The molecule has 2 saturated heterocycles. The van der Waals surface area contributed by atoms with Gasteiger partial charge in [-0.25, -0.2) is 9.97 Å². The van der Waals surface area contributed by atoms with Gasteiger partial charge < -0.3 is 14.4 Å². The minimum absolute atomic E-state index is 0.108. The molecule has 29 heavy (non-hydrogen) atoms. The maximum atomic E-state index is 6.08. The second-order valence-electron chi connectivity index (χ2n) is 7.64. The van der Waals surface area contributed by atoms with Gasteiger partial charge in [0, 0.05) is 29.4 Å². The first kappa shape index (κ1) is 19.4. The second kappa shape index (κ2) is 8.28. The van der Waals surface area contributed by atoms with E-state index >= 15 is 0 Å². The summed E-state index contributed by atoms with van der Waals surface area (Å²) in [5.74, 6) is 1.99. The predicted molar refractivity (Wildman–Crippen MR) is 118 cm³/mol. The number of nitrogens with zero attached hydrogens (tertiary/aromatic N) is 4. The van der Waals surface area contributed by atoms with E-state index in [1.165, 1.54) is 20.7 Å². The van der Waals surface area contributed by atoms with Crippen molar-refractivity contribution in [1.29, 1.82) is 0 Å². The van der Waals surface area contributed by atoms with Crippen LogP contribution in [0, 0.1) is 13.8 Å². The molecule has 6 nitrogen and oxygen atoms in total. The van der Waals surface area contributed by atoms with Crippen molar-refractivity contribution in [2.24, 2.45) is 0 Å². The molecule has 0 aliphatic carbocycles. The molecule has 2 aliphatic rings. The molecule has 0 amide bonds. The summed E-state index contributed by atoms with van der Waals surface area (Å²) < 4.78 is 11.6. The van der Waals surface area contributed by atoms with Gasteiger partial charge in [0.05, 0.1) is 38.3 Å². The summed E-state index contributed by atoms with van der Waals surface area (Å²) in [6, 6.07) is 4.26. The zero-order valence-corrected chi connectivity index (χ0v) is 18.5. The third-order valence-corrected chi connectivity index (χ3v) is 7.82. The molecule has 1 atom stereocenters. The van der Waals surface area contributed by atoms with Gasteiger partial charge in [0.25, 0.3) is 0 Å². The molecule has 0 aromatic carbocycles. The molecular weight excluding hydrogens is 404 g/mol. The zero-order valence-electron chi connectivity index (χ0n) is 16.9. The van der Waals surface area contributed by atoms with E-state index in [9.17, 15) is 0 Å². The van der Waals surface area contributed by atoms with Crippen LogP contribution in [-0.2, 0) is 16.0 Å². The number of anilines is 1. The minimum Gasteiger partial charge on any atom is -0.379 e. The minimum atomic E-state index is 0.108. The number of morpholine rings is 2. The van der Waals surface area contributed by atoms with Crippen LogP contribution in [0.4, 0.5) is 5.82 Å². The van der Waals surface area contributed by atoms with Crippen LogP contribution in [0.1, 0.15) is 27.2 Å². The Labute approximate surface area is 179 Å². The number of ether oxygens (including phenoxy) is 2. The number of aromatic nitrogens is 2. The zero-order chi connectivity index (χ0) is 19.8. The predicted octanol–water partition coefficient (Wildman–Crippen LogP) is 3.78. The van der Waals surface area contributed by atoms with Crippen molar-refractivity contribution in [2.75, 3.05) is 50.9 Å². The summed E-state index contributed by atoms with van der Waals surface area (Å²) in [7, 11) is 0. The van der Waals surface area contributed by atoms with Crippen molar-refractivity contribution in [3.8, 4) is 0 Å². The number of rotatable bonds is 4. The van der Waals surface area contributed by atoms with Crippen LogP contribution in [0.25, 0.3) is 10.2 Å². The van der Waals surface area contributed by atoms with Gasteiger partial charge >= 0.3 is 0 Å². The SMILES string of the molecule is Cc1sc2nc(CN3CCOCC3)nc(N3CCOC(c4cccs4)C3)c2c1C. The fraction of sp³-hybridized carbons (Fsp3) is 0.524. The molecule has 3 aromatic heterocycles. The molecule has 0 spiro atoms. The van der Waals surface area contributed by atoms with E-state index < -0.39 is 0 Å². The average Bonchev–Trinajstić information content (AvgIpc) is 3.37. The average molecular weight is 431 g/mol. The lowest BCUT2D eigenvalue weighted by atomic mass is 10.1. The molecule has 154 valence electrons. The number of fused-ring (bicyclic) bond motifs is 1. The lowest BCUT2D eigenvalue weighted by Gasteiger charge is -2.34. The van der Waals surface area contributed by atoms with Gasteiger partial charge in [0.2, 0.25) is 0 Å². The summed E-state index contributed by atoms with van der Waals surface area (Å²) in [6.45, 7) is 11.0. The molecule has 3 aromatic rings. The van der Waals surface area contributed by atoms with Crippen LogP contribution >= 0.6 is 22.7 Å². The largest absolute Gasteiger partial charge is 0.379 e. The highest BCUT2D eigenvalue weighted by Gasteiger charge is 2.27. The molecule has 5 rings (SSSR count). The highest BCUT2D eigenvalue weighted by atomic mass is 32.1. The summed E-state index contributed by atoms with van der Waals surface area (Å²) >= 11 is 3.54. The molecule has 2 fully saturated rings. The molecule has 5 heterocycles. The fourth-order valence-corrected chi connectivity index (χ4v) is 5.83. The van der Waals surface area contributed by atoms with Crippen LogP contribution in [0.5, 0.6) is 0 Å². The first-order valence-electron chi connectivity index (χ1n) is 10.2. The standard InChI is InChI=1S/C21H26N4O2S2/c1-14-15(2)29-21-19(14)20(22-18(23-21)13-24-5-8-26-9-6-24)25-7-10-27-16(12-25)17-4-3-11-28-17/h3-4,11,16H,5-10,12-13H2,1-2H3. The lowest BCUT2D eigenvalue weighted by molar-refractivity contribution is 0.0330. The number of hydrogen-bond donors (Lipinski definition) is 0. The highest BCUT2D eigenvalue weighted by Crippen LogP contribution is 2.37. The van der Waals surface area contributed by atoms with Crippen LogP contribution in [0.15, 0.2) is 17.5 Å². The molecule has 0 saturated carbocycles. The van der Waals surface area contributed by atoms with E-state index in [2.05, 4.69) is 41.2 Å². The molecule has 8 heteroatoms. The summed E-state index contributed by atoms with van der Waals surface area (Å²) in [4.78, 5) is 18.5. The molecule has 0 N–H and O–H groups in total. The monoisotopic (exact) mass is 430 g/mol. The van der Waals surface area contributed by atoms with E-state index in [0.717, 1.165) is 69.0 Å². The van der Waals surface area contributed by atoms with E-state index in [1.807, 2.05) is 0 Å². The topological polar surface area (TPSA) is 50.7 Å². The van der Waals surface area contributed by atoms with Gasteiger partial charge in [0.1, 0.15) is 22.6 Å². The molecule has 0 radical (unpaired) electrons. The Morgan fingerprint density at radius 3 is 2.79 bits per heavy atom. The summed E-state index contributed by atoms with van der Waals surface area (Å²) in [6.07, 6.45) is 0.108. The summed E-state index contributed by atoms with van der Waals surface area (Å²) in [5.41, 5.74) is 1.30. The Morgan fingerprint density at radius 2 is 2.00 bits per heavy atom. The highest BCUT2D eigenvalue weighted by molar-refractivity contribution is 7.18. The number of thiophene rings is 2. The van der Waals surface area contributed by atoms with E-state index in [1.54, 1.807) is 22.7 Å². The Balaban J connectivity index is 1.50. The van der Waals surface area contributed by atoms with Gasteiger partial charge in [0.15, 0.2) is 0 Å². The van der Waals surface area contributed by atoms with Crippen molar-refractivity contribution in [3.63, 3.8) is 0 Å². The number of hydrogen-bond acceptors (Lipinski definition) is 8. The molecule has 2 aliphatic heterocycles. The van der Waals surface area contributed by atoms with Gasteiger partial charge in [-0.3, -0.25) is 4.90 Å². The Bertz CT molecular complexity index is 982. The third kappa shape index (κ3) is 3.92. The maximum Gasteiger partial charge on any atom is 0.146 e. The van der Waals surface area contributed by atoms with Crippen molar-refractivity contribution in [3.05, 3.63) is 38.7 Å². The van der Waals surface area contributed by atoms with Crippen molar-refractivity contribution in [1.82, 2.24) is 14.9 Å². The molecule has 0 bridgehead atoms. The Morgan fingerprint density at radius 1 is 1.14 bits per heavy atom. The van der Waals surface area contributed by atoms with Gasteiger partial charge in [-0.2, -0.15) is 0 Å². The van der Waals surface area contributed by atoms with Crippen molar-refractivity contribution in [2.45, 2.75) is 26.5 Å². The van der Waals surface area contributed by atoms with Crippen LogP contribution in [0.2, 0.25) is 0 Å². The first-order valence-corrected chi connectivity index (χ1v) is 11.9. The first-order chi connectivity index (χ1) is 14.2. The van der Waals surface area contributed by atoms with Gasteiger partial charge in [-0.1, -0.05) is 6.07 Å². The second-order valence-corrected chi connectivity index (χ2v) is 9.82. The normalized spacial score (nSPS) is 21.2. The smallest absolute Gasteiger partial charge is 0.146 e.